The number of rotatable bonds is 9. The lowest BCUT2D eigenvalue weighted by molar-refractivity contribution is 0.0557. The molecule has 0 unspecified atom stereocenters. The van der Waals surface area contributed by atoms with E-state index >= 15 is 0 Å². The van der Waals surface area contributed by atoms with Gasteiger partial charge in [-0.1, -0.05) is 80.8 Å². The fourth-order valence-corrected chi connectivity index (χ4v) is 6.68. The Labute approximate surface area is 286 Å². The smallest absolute Gasteiger partial charge is 0.399 e. The first-order valence-electron chi connectivity index (χ1n) is 13.1. The highest BCUT2D eigenvalue weighted by molar-refractivity contribution is 9.10. The van der Waals surface area contributed by atoms with Crippen molar-refractivity contribution in [3.63, 3.8) is 0 Å². The Morgan fingerprint density at radius 3 is 2.32 bits per heavy atom. The van der Waals surface area contributed by atoms with Gasteiger partial charge in [-0.15, -0.1) is 0 Å². The minimum absolute atomic E-state index is 0.0441. The predicted octanol–water partition coefficient (Wildman–Crippen LogP) is 8.19. The molecule has 242 valence electrons. The van der Waals surface area contributed by atoms with Gasteiger partial charge in [-0.25, -0.2) is 9.48 Å². The Balaban J connectivity index is 1.54. The average molecular weight is 785 g/mol. The summed E-state index contributed by atoms with van der Waals surface area (Å²) in [4.78, 5) is 47.1. The van der Waals surface area contributed by atoms with Crippen molar-refractivity contribution in [1.82, 2.24) is 9.78 Å². The Morgan fingerprint density at radius 1 is 0.957 bits per heavy atom. The van der Waals surface area contributed by atoms with Gasteiger partial charge in [0.1, 0.15) is 16.5 Å². The van der Waals surface area contributed by atoms with E-state index in [0.717, 1.165) is 17.4 Å². The third-order valence-corrected chi connectivity index (χ3v) is 9.80. The lowest BCUT2D eigenvalue weighted by atomic mass is 10.1. The Morgan fingerprint density at radius 2 is 1.66 bits per heavy atom. The van der Waals surface area contributed by atoms with Crippen molar-refractivity contribution in [2.24, 2.45) is 4.99 Å². The molecule has 4 aromatic carbocycles. The average Bonchev–Trinajstić information content (AvgIpc) is 3.39. The van der Waals surface area contributed by atoms with E-state index in [1.165, 1.54) is 47.1 Å². The fourth-order valence-electron chi connectivity index (χ4n) is 4.14. The quantitative estimate of drug-likeness (QED) is 0.127. The molecule has 0 fully saturated rings. The molecule has 1 amide bonds. The lowest BCUT2D eigenvalue weighted by Gasteiger charge is -2.19. The van der Waals surface area contributed by atoms with Crippen molar-refractivity contribution >= 4 is 69.9 Å². The maximum absolute atomic E-state index is 14.4. The first-order chi connectivity index (χ1) is 22.1. The number of carboxylic acid groups (broad SMARTS) is 1. The molecule has 0 aliphatic rings. The number of halogens is 5. The SMILES string of the molecule is O=C(O)c1cccc(Oc2cccc(-c3nn(Cc4ccc(C(F)(F)P(=O)(O)O)c(Br)c4)/c(=N/C(=O)c4ccc(Cl)c(Cl)c4)s3)c2)c1. The van der Waals surface area contributed by atoms with Crippen LogP contribution in [0, 0.1) is 0 Å². The van der Waals surface area contributed by atoms with Crippen molar-refractivity contribution in [2.75, 3.05) is 0 Å². The van der Waals surface area contributed by atoms with Crippen LogP contribution < -0.4 is 9.54 Å². The van der Waals surface area contributed by atoms with Gasteiger partial charge >= 0.3 is 19.2 Å². The lowest BCUT2D eigenvalue weighted by Crippen LogP contribution is -2.20. The number of amides is 1. The molecule has 5 rings (SSSR count). The number of benzene rings is 4. The molecule has 0 radical (unpaired) electrons. The minimum atomic E-state index is -5.81. The number of carboxylic acids is 1. The molecule has 0 atom stereocenters. The molecule has 47 heavy (non-hydrogen) atoms. The van der Waals surface area contributed by atoms with Gasteiger partial charge in [0, 0.05) is 21.2 Å². The van der Waals surface area contributed by atoms with Gasteiger partial charge < -0.3 is 19.6 Å². The summed E-state index contributed by atoms with van der Waals surface area (Å²) < 4.78 is 47.2. The molecule has 5 aromatic rings. The van der Waals surface area contributed by atoms with Gasteiger partial charge in [0.25, 0.3) is 5.91 Å². The summed E-state index contributed by atoms with van der Waals surface area (Å²) in [5.41, 5.74) is -4.20. The predicted molar refractivity (Wildman–Crippen MR) is 175 cm³/mol. The van der Waals surface area contributed by atoms with Crippen LogP contribution >= 0.6 is 58.1 Å². The number of hydrogen-bond donors (Lipinski definition) is 3. The summed E-state index contributed by atoms with van der Waals surface area (Å²) in [6.07, 6.45) is 0. The van der Waals surface area contributed by atoms with Crippen LogP contribution in [0.25, 0.3) is 10.6 Å². The Hall–Kier alpha value is -3.75. The number of carbonyl (C=O) groups is 2. The number of ether oxygens (including phenoxy) is 1. The van der Waals surface area contributed by atoms with Crippen LogP contribution in [0.4, 0.5) is 8.78 Å². The summed E-state index contributed by atoms with van der Waals surface area (Å²) in [5.74, 6) is -1.12. The molecule has 0 spiro atoms. The van der Waals surface area contributed by atoms with E-state index in [1.54, 1.807) is 36.4 Å². The monoisotopic (exact) mass is 783 g/mol. The van der Waals surface area contributed by atoms with Crippen LogP contribution in [-0.4, -0.2) is 36.6 Å². The highest BCUT2D eigenvalue weighted by Crippen LogP contribution is 2.60. The zero-order valence-electron chi connectivity index (χ0n) is 23.4. The van der Waals surface area contributed by atoms with Gasteiger partial charge in [0.15, 0.2) is 0 Å². The molecular formula is C30H19BrCl2F2N3O7PS. The molecule has 0 aliphatic carbocycles. The Bertz CT molecular complexity index is 2160. The highest BCUT2D eigenvalue weighted by atomic mass is 79.9. The second-order valence-corrected chi connectivity index (χ2v) is 14.0. The standard InChI is InChI=1S/C30H19BrCl2F2N3O7PS/c31-23-11-16(7-9-22(23)30(34,35)46(42,43)44)15-38-29(36-26(39)17-8-10-24(32)25(33)14-17)47-27(37-38)18-3-1-5-20(12-18)45-21-6-2-4-19(13-21)28(40)41/h1-14H,15H2,(H,40,41)(H2,42,43,44)/b36-29-. The van der Waals surface area contributed by atoms with Crippen molar-refractivity contribution in [3.05, 3.63) is 127 Å². The van der Waals surface area contributed by atoms with E-state index in [9.17, 15) is 28.0 Å². The van der Waals surface area contributed by atoms with E-state index < -0.39 is 30.7 Å². The number of hydrogen-bond acceptors (Lipinski definition) is 6. The first kappa shape index (κ1) is 34.6. The number of alkyl halides is 2. The van der Waals surface area contributed by atoms with Crippen molar-refractivity contribution in [3.8, 4) is 22.1 Å². The Kier molecular flexibility index (Phi) is 10.1. The van der Waals surface area contributed by atoms with E-state index in [2.05, 4.69) is 26.0 Å². The third-order valence-electron chi connectivity index (χ3n) is 6.44. The zero-order chi connectivity index (χ0) is 34.1. The van der Waals surface area contributed by atoms with E-state index in [1.807, 2.05) is 0 Å². The zero-order valence-corrected chi connectivity index (χ0v) is 28.2. The summed E-state index contributed by atoms with van der Waals surface area (Å²) in [7, 11) is -5.81. The van der Waals surface area contributed by atoms with Gasteiger partial charge in [-0.05, 0) is 60.2 Å². The molecule has 0 aliphatic heterocycles. The molecule has 1 aromatic heterocycles. The van der Waals surface area contributed by atoms with Crippen LogP contribution in [0.1, 0.15) is 31.8 Å². The van der Waals surface area contributed by atoms with Crippen LogP contribution in [-0.2, 0) is 16.8 Å². The molecule has 3 N–H and O–H groups in total. The normalized spacial score (nSPS) is 12.3. The number of carbonyl (C=O) groups excluding carboxylic acids is 1. The van der Waals surface area contributed by atoms with Crippen molar-refractivity contribution in [1.29, 1.82) is 0 Å². The van der Waals surface area contributed by atoms with E-state index in [-0.39, 0.29) is 42.7 Å². The van der Waals surface area contributed by atoms with Gasteiger partial charge in [0.05, 0.1) is 22.2 Å². The van der Waals surface area contributed by atoms with Crippen LogP contribution in [0.15, 0.2) is 94.4 Å². The van der Waals surface area contributed by atoms with Crippen LogP contribution in [0.2, 0.25) is 10.0 Å². The topological polar surface area (TPSA) is 151 Å². The largest absolute Gasteiger partial charge is 0.478 e. The summed E-state index contributed by atoms with van der Waals surface area (Å²) in [5, 5.41) is 14.7. The summed E-state index contributed by atoms with van der Waals surface area (Å²) >= 11 is 16.1. The van der Waals surface area contributed by atoms with E-state index in [4.69, 9.17) is 37.7 Å². The second kappa shape index (κ2) is 13.8. The maximum atomic E-state index is 14.4. The molecule has 0 bridgehead atoms. The van der Waals surface area contributed by atoms with Gasteiger partial charge in [-0.3, -0.25) is 9.36 Å². The molecule has 10 nitrogen and oxygen atoms in total. The minimum Gasteiger partial charge on any atom is -0.478 e. The fraction of sp³-hybridized carbons (Fsp3) is 0.0667. The van der Waals surface area contributed by atoms with Crippen molar-refractivity contribution in [2.45, 2.75) is 12.2 Å². The molecule has 17 heteroatoms. The molecular weight excluding hydrogens is 766 g/mol. The maximum Gasteiger partial charge on any atom is 0.399 e. The second-order valence-electron chi connectivity index (χ2n) is 9.76. The van der Waals surface area contributed by atoms with Gasteiger partial charge in [0.2, 0.25) is 4.80 Å². The van der Waals surface area contributed by atoms with Crippen molar-refractivity contribution < 1.29 is 42.6 Å². The van der Waals surface area contributed by atoms with Gasteiger partial charge in [-0.2, -0.15) is 18.9 Å². The highest BCUT2D eigenvalue weighted by Gasteiger charge is 2.51. The third kappa shape index (κ3) is 7.87. The molecule has 1 heterocycles. The number of nitrogens with zero attached hydrogens (tertiary/aromatic N) is 3. The first-order valence-corrected chi connectivity index (χ1v) is 17.1. The molecule has 0 saturated carbocycles. The molecule has 0 saturated heterocycles. The van der Waals surface area contributed by atoms with E-state index in [0.29, 0.717) is 21.9 Å². The van der Waals surface area contributed by atoms with Crippen LogP contribution in [0.5, 0.6) is 11.5 Å². The van der Waals surface area contributed by atoms with Crippen LogP contribution in [0.3, 0.4) is 0 Å². The summed E-state index contributed by atoms with van der Waals surface area (Å²) in [6, 6.07) is 20.3. The summed E-state index contributed by atoms with van der Waals surface area (Å²) in [6.45, 7) is -0.0808. The number of aromatic carboxylic acids is 1. The number of aromatic nitrogens is 2.